The Labute approximate surface area is 150 Å². The topological polar surface area (TPSA) is 29.5 Å². The summed E-state index contributed by atoms with van der Waals surface area (Å²) < 4.78 is 66.1. The number of hydrogen-bond acceptors (Lipinski definition) is 3. The van der Waals surface area contributed by atoms with Crippen molar-refractivity contribution in [2.75, 3.05) is 12.8 Å². The predicted octanol–water partition coefficient (Wildman–Crippen LogP) is 4.61. The first-order chi connectivity index (χ1) is 12.1. The SMILES string of the molecule is CN(Cc1ccc(OC(F)(F)F)cc1)C(=O)CSc1ccc(F)c(F)c1. The maximum Gasteiger partial charge on any atom is 0.573 e. The maximum atomic E-state index is 13.1. The van der Waals surface area contributed by atoms with E-state index in [0.29, 0.717) is 10.5 Å². The van der Waals surface area contributed by atoms with Gasteiger partial charge in [0, 0.05) is 18.5 Å². The molecular formula is C17H14F5NO2S. The average molecular weight is 391 g/mol. The molecule has 0 atom stereocenters. The van der Waals surface area contributed by atoms with E-state index < -0.39 is 18.0 Å². The molecule has 3 nitrogen and oxygen atoms in total. The van der Waals surface area contributed by atoms with Crippen molar-refractivity contribution in [2.45, 2.75) is 17.8 Å². The van der Waals surface area contributed by atoms with Gasteiger partial charge in [0.2, 0.25) is 5.91 Å². The van der Waals surface area contributed by atoms with Gasteiger partial charge in [-0.25, -0.2) is 8.78 Å². The van der Waals surface area contributed by atoms with Crippen molar-refractivity contribution in [1.29, 1.82) is 0 Å². The molecule has 0 aliphatic carbocycles. The van der Waals surface area contributed by atoms with Crippen molar-refractivity contribution < 1.29 is 31.5 Å². The van der Waals surface area contributed by atoms with E-state index in [2.05, 4.69) is 4.74 Å². The number of hydrogen-bond donors (Lipinski definition) is 0. The summed E-state index contributed by atoms with van der Waals surface area (Å²) in [5.41, 5.74) is 0.619. The molecule has 1 amide bonds. The zero-order valence-corrected chi connectivity index (χ0v) is 14.3. The summed E-state index contributed by atoms with van der Waals surface area (Å²) >= 11 is 1.06. The molecule has 26 heavy (non-hydrogen) atoms. The van der Waals surface area contributed by atoms with Gasteiger partial charge < -0.3 is 9.64 Å². The summed E-state index contributed by atoms with van der Waals surface area (Å²) in [5.74, 6) is -2.55. The Morgan fingerprint density at radius 1 is 1.08 bits per heavy atom. The standard InChI is InChI=1S/C17H14F5NO2S/c1-23(9-11-2-4-12(5-3-11)25-17(20,21)22)16(24)10-26-13-6-7-14(18)15(19)8-13/h2-8H,9-10H2,1H3. The van der Waals surface area contributed by atoms with E-state index in [9.17, 15) is 26.7 Å². The molecule has 2 aromatic carbocycles. The lowest BCUT2D eigenvalue weighted by atomic mass is 10.2. The lowest BCUT2D eigenvalue weighted by Crippen LogP contribution is -2.27. The first-order valence-corrected chi connectivity index (χ1v) is 8.29. The smallest absolute Gasteiger partial charge is 0.406 e. The van der Waals surface area contributed by atoms with E-state index in [1.54, 1.807) is 0 Å². The molecule has 0 aliphatic rings. The van der Waals surface area contributed by atoms with Crippen LogP contribution in [0.5, 0.6) is 5.75 Å². The largest absolute Gasteiger partial charge is 0.573 e. The molecule has 0 saturated heterocycles. The highest BCUT2D eigenvalue weighted by molar-refractivity contribution is 8.00. The van der Waals surface area contributed by atoms with Gasteiger partial charge in [-0.05, 0) is 35.9 Å². The molecule has 0 heterocycles. The van der Waals surface area contributed by atoms with E-state index >= 15 is 0 Å². The summed E-state index contributed by atoms with van der Waals surface area (Å²) in [7, 11) is 1.54. The average Bonchev–Trinajstić information content (AvgIpc) is 2.56. The van der Waals surface area contributed by atoms with Crippen LogP contribution in [-0.4, -0.2) is 30.0 Å². The van der Waals surface area contributed by atoms with Gasteiger partial charge in [0.05, 0.1) is 5.75 Å². The van der Waals surface area contributed by atoms with Crippen molar-refractivity contribution >= 4 is 17.7 Å². The minimum Gasteiger partial charge on any atom is -0.406 e. The van der Waals surface area contributed by atoms with Crippen LogP contribution in [0.25, 0.3) is 0 Å². The summed E-state index contributed by atoms with van der Waals surface area (Å²) in [4.78, 5) is 13.9. The Kier molecular flexibility index (Phi) is 6.47. The van der Waals surface area contributed by atoms with Gasteiger partial charge in [-0.15, -0.1) is 24.9 Å². The van der Waals surface area contributed by atoms with E-state index in [1.165, 1.54) is 30.1 Å². The van der Waals surface area contributed by atoms with Crippen molar-refractivity contribution in [1.82, 2.24) is 4.90 Å². The monoisotopic (exact) mass is 391 g/mol. The summed E-state index contributed by atoms with van der Waals surface area (Å²) in [5, 5.41) is 0. The van der Waals surface area contributed by atoms with Gasteiger partial charge >= 0.3 is 6.36 Å². The number of ether oxygens (including phenoxy) is 1. The van der Waals surface area contributed by atoms with Gasteiger partial charge in [0.1, 0.15) is 5.75 Å². The zero-order chi connectivity index (χ0) is 19.3. The number of thioether (sulfide) groups is 1. The zero-order valence-electron chi connectivity index (χ0n) is 13.5. The Morgan fingerprint density at radius 3 is 2.31 bits per heavy atom. The number of rotatable bonds is 6. The van der Waals surface area contributed by atoms with E-state index in [4.69, 9.17) is 0 Å². The Balaban J connectivity index is 1.87. The molecule has 0 bridgehead atoms. The molecule has 0 aromatic heterocycles. The first kappa shape index (κ1) is 20.0. The van der Waals surface area contributed by atoms with Gasteiger partial charge in [-0.1, -0.05) is 12.1 Å². The summed E-state index contributed by atoms with van der Waals surface area (Å²) in [6.07, 6.45) is -4.76. The predicted molar refractivity (Wildman–Crippen MR) is 86.7 cm³/mol. The lowest BCUT2D eigenvalue weighted by molar-refractivity contribution is -0.274. The minimum atomic E-state index is -4.76. The second-order valence-corrected chi connectivity index (χ2v) is 6.35. The molecule has 0 spiro atoms. The molecule has 0 unspecified atom stereocenters. The molecule has 0 aliphatic heterocycles. The molecule has 2 rings (SSSR count). The quantitative estimate of drug-likeness (QED) is 0.532. The fourth-order valence-electron chi connectivity index (χ4n) is 1.98. The fraction of sp³-hybridized carbons (Fsp3) is 0.235. The van der Waals surface area contributed by atoms with Crippen LogP contribution < -0.4 is 4.74 Å². The third-order valence-corrected chi connectivity index (χ3v) is 4.23. The summed E-state index contributed by atoms with van der Waals surface area (Å²) in [6.45, 7) is 0.184. The van der Waals surface area contributed by atoms with Gasteiger partial charge in [0.25, 0.3) is 0 Å². The third kappa shape index (κ3) is 6.21. The van der Waals surface area contributed by atoms with Gasteiger partial charge in [-0.3, -0.25) is 4.79 Å². The number of halogens is 5. The number of nitrogens with zero attached hydrogens (tertiary/aromatic N) is 1. The van der Waals surface area contributed by atoms with Crippen LogP contribution in [0.1, 0.15) is 5.56 Å². The number of carbonyl (C=O) groups excluding carboxylic acids is 1. The number of benzene rings is 2. The van der Waals surface area contributed by atoms with Crippen LogP contribution in [0.15, 0.2) is 47.4 Å². The molecule has 0 fully saturated rings. The van der Waals surface area contributed by atoms with Crippen LogP contribution in [0, 0.1) is 11.6 Å². The number of carbonyl (C=O) groups is 1. The van der Waals surface area contributed by atoms with Crippen LogP contribution in [0.2, 0.25) is 0 Å². The highest BCUT2D eigenvalue weighted by Crippen LogP contribution is 2.23. The third-order valence-electron chi connectivity index (χ3n) is 3.26. The summed E-state index contributed by atoms with van der Waals surface area (Å²) in [6, 6.07) is 8.54. The van der Waals surface area contributed by atoms with Crippen LogP contribution >= 0.6 is 11.8 Å². The fourth-order valence-corrected chi connectivity index (χ4v) is 2.84. The molecule has 0 N–H and O–H groups in total. The highest BCUT2D eigenvalue weighted by Gasteiger charge is 2.30. The Hall–Kier alpha value is -2.29. The van der Waals surface area contributed by atoms with Gasteiger partial charge in [0.15, 0.2) is 11.6 Å². The van der Waals surface area contributed by atoms with Crippen molar-refractivity contribution in [3.63, 3.8) is 0 Å². The lowest BCUT2D eigenvalue weighted by Gasteiger charge is -2.17. The maximum absolute atomic E-state index is 13.1. The molecule has 2 aromatic rings. The number of amides is 1. The minimum absolute atomic E-state index is 0.0108. The van der Waals surface area contributed by atoms with Crippen molar-refractivity contribution in [2.24, 2.45) is 0 Å². The van der Waals surface area contributed by atoms with Crippen molar-refractivity contribution in [3.05, 3.63) is 59.7 Å². The van der Waals surface area contributed by atoms with Crippen LogP contribution in [0.3, 0.4) is 0 Å². The van der Waals surface area contributed by atoms with Crippen molar-refractivity contribution in [3.8, 4) is 5.75 Å². The molecule has 140 valence electrons. The molecule has 9 heteroatoms. The normalized spacial score (nSPS) is 11.3. The Bertz CT molecular complexity index is 765. The van der Waals surface area contributed by atoms with Crippen LogP contribution in [-0.2, 0) is 11.3 Å². The molecule has 0 radical (unpaired) electrons. The molecule has 0 saturated carbocycles. The second-order valence-electron chi connectivity index (χ2n) is 5.31. The first-order valence-electron chi connectivity index (χ1n) is 7.30. The van der Waals surface area contributed by atoms with E-state index in [0.717, 1.165) is 36.0 Å². The second kappa shape index (κ2) is 8.39. The Morgan fingerprint density at radius 2 is 1.73 bits per heavy atom. The number of alkyl halides is 3. The van der Waals surface area contributed by atoms with Crippen LogP contribution in [0.4, 0.5) is 22.0 Å². The highest BCUT2D eigenvalue weighted by atomic mass is 32.2. The van der Waals surface area contributed by atoms with Gasteiger partial charge in [-0.2, -0.15) is 0 Å². The van der Waals surface area contributed by atoms with E-state index in [-0.39, 0.29) is 24.0 Å². The molecular weight excluding hydrogens is 377 g/mol. The van der Waals surface area contributed by atoms with E-state index in [1.807, 2.05) is 0 Å².